The first-order chi connectivity index (χ1) is 10.3. The summed E-state index contributed by atoms with van der Waals surface area (Å²) in [5.74, 6) is 0.793. The molecule has 0 aliphatic heterocycles. The Balaban J connectivity index is 0.00000441. The van der Waals surface area contributed by atoms with Crippen molar-refractivity contribution in [1.29, 1.82) is 0 Å². The van der Waals surface area contributed by atoms with E-state index in [-0.39, 0.29) is 24.0 Å². The Morgan fingerprint density at radius 1 is 1.27 bits per heavy atom. The molecule has 0 aromatic carbocycles. The van der Waals surface area contributed by atoms with E-state index in [2.05, 4.69) is 27.5 Å². The van der Waals surface area contributed by atoms with Crippen LogP contribution in [0.25, 0.3) is 0 Å². The van der Waals surface area contributed by atoms with Gasteiger partial charge in [0.2, 0.25) is 0 Å². The summed E-state index contributed by atoms with van der Waals surface area (Å²) in [6, 6.07) is 0. The lowest BCUT2D eigenvalue weighted by molar-refractivity contribution is 0.0733. The van der Waals surface area contributed by atoms with Crippen LogP contribution in [0.1, 0.15) is 23.7 Å². The second-order valence-corrected chi connectivity index (χ2v) is 5.50. The third-order valence-corrected chi connectivity index (χ3v) is 3.76. The molecule has 0 unspecified atom stereocenters. The number of guanidine groups is 1. The molecule has 0 amide bonds. The third-order valence-electron chi connectivity index (χ3n) is 2.64. The van der Waals surface area contributed by atoms with Gasteiger partial charge in [-0.1, -0.05) is 6.92 Å². The zero-order chi connectivity index (χ0) is 15.3. The number of aromatic nitrogens is 1. The van der Waals surface area contributed by atoms with Crippen LogP contribution in [0, 0.1) is 0 Å². The molecule has 22 heavy (non-hydrogen) atoms. The molecule has 0 radical (unpaired) electrons. The van der Waals surface area contributed by atoms with Crippen molar-refractivity contribution in [1.82, 2.24) is 15.6 Å². The fraction of sp³-hybridized carbons (Fsp3) is 0.714. The van der Waals surface area contributed by atoms with E-state index in [1.807, 2.05) is 13.1 Å². The highest BCUT2D eigenvalue weighted by Gasteiger charge is 2.01. The Morgan fingerprint density at radius 3 is 2.73 bits per heavy atom. The molecule has 8 heteroatoms. The molecule has 6 nitrogen and oxygen atoms in total. The summed E-state index contributed by atoms with van der Waals surface area (Å²) in [5, 5.41) is 7.49. The molecule has 0 spiro atoms. The molecule has 1 aromatic rings. The Hall–Kier alpha value is -0.450. The molecule has 1 rings (SSSR count). The summed E-state index contributed by atoms with van der Waals surface area (Å²) in [4.78, 5) is 10.2. The van der Waals surface area contributed by atoms with Gasteiger partial charge in [0.15, 0.2) is 5.96 Å². The SMILES string of the molecule is CCNC(=NCc1ncc(CC)s1)NCCOCCOC.I. The summed E-state index contributed by atoms with van der Waals surface area (Å²) in [7, 11) is 1.67. The summed E-state index contributed by atoms with van der Waals surface area (Å²) in [6.07, 6.45) is 2.96. The first kappa shape index (κ1) is 21.6. The average molecular weight is 442 g/mol. The lowest BCUT2D eigenvalue weighted by Crippen LogP contribution is -2.39. The number of rotatable bonds is 10. The molecule has 0 saturated carbocycles. The molecular formula is C14H27IN4O2S. The zero-order valence-electron chi connectivity index (χ0n) is 13.6. The van der Waals surface area contributed by atoms with Crippen LogP contribution < -0.4 is 10.6 Å². The number of hydrogen-bond donors (Lipinski definition) is 2. The number of methoxy groups -OCH3 is 1. The molecule has 0 saturated heterocycles. The first-order valence-electron chi connectivity index (χ1n) is 7.32. The number of thiazole rings is 1. The quantitative estimate of drug-likeness (QED) is 0.251. The fourth-order valence-electron chi connectivity index (χ4n) is 1.56. The standard InChI is InChI=1S/C14H26N4O2S.HI/c1-4-12-10-17-13(21-12)11-18-14(15-5-2)16-6-7-20-9-8-19-3;/h10H,4-9,11H2,1-3H3,(H2,15,16,18);1H. The molecule has 128 valence electrons. The predicted molar refractivity (Wildman–Crippen MR) is 102 cm³/mol. The largest absolute Gasteiger partial charge is 0.382 e. The minimum atomic E-state index is 0. The normalized spacial score (nSPS) is 11.1. The number of nitrogens with zero attached hydrogens (tertiary/aromatic N) is 2. The molecular weight excluding hydrogens is 415 g/mol. The lowest BCUT2D eigenvalue weighted by atomic mass is 10.4. The van der Waals surface area contributed by atoms with Crippen LogP contribution in [0.3, 0.4) is 0 Å². The Labute approximate surface area is 154 Å². The van der Waals surface area contributed by atoms with Gasteiger partial charge >= 0.3 is 0 Å². The van der Waals surface area contributed by atoms with E-state index in [0.29, 0.717) is 32.9 Å². The van der Waals surface area contributed by atoms with E-state index in [1.165, 1.54) is 4.88 Å². The van der Waals surface area contributed by atoms with Gasteiger partial charge in [-0.15, -0.1) is 35.3 Å². The van der Waals surface area contributed by atoms with Gasteiger partial charge in [-0.2, -0.15) is 0 Å². The van der Waals surface area contributed by atoms with E-state index in [9.17, 15) is 0 Å². The second-order valence-electron chi connectivity index (χ2n) is 4.30. The monoisotopic (exact) mass is 442 g/mol. The second kappa shape index (κ2) is 14.2. The maximum Gasteiger partial charge on any atom is 0.191 e. The van der Waals surface area contributed by atoms with Crippen LogP contribution in [0.15, 0.2) is 11.2 Å². The van der Waals surface area contributed by atoms with Crippen molar-refractivity contribution in [2.24, 2.45) is 4.99 Å². The van der Waals surface area contributed by atoms with Gasteiger partial charge < -0.3 is 20.1 Å². The van der Waals surface area contributed by atoms with Crippen molar-refractivity contribution < 1.29 is 9.47 Å². The summed E-state index contributed by atoms with van der Waals surface area (Å²) < 4.78 is 10.3. The van der Waals surface area contributed by atoms with Crippen molar-refractivity contribution in [3.8, 4) is 0 Å². The van der Waals surface area contributed by atoms with E-state index in [1.54, 1.807) is 18.4 Å². The number of ether oxygens (including phenoxy) is 2. The number of halogens is 1. The van der Waals surface area contributed by atoms with Gasteiger partial charge in [0, 0.05) is 31.3 Å². The van der Waals surface area contributed by atoms with Crippen LogP contribution in [0.4, 0.5) is 0 Å². The van der Waals surface area contributed by atoms with E-state index >= 15 is 0 Å². The number of hydrogen-bond acceptors (Lipinski definition) is 5. The van der Waals surface area contributed by atoms with Crippen LogP contribution >= 0.6 is 35.3 Å². The van der Waals surface area contributed by atoms with Gasteiger partial charge in [0.1, 0.15) is 5.01 Å². The van der Waals surface area contributed by atoms with Crippen molar-refractivity contribution in [3.05, 3.63) is 16.1 Å². The third kappa shape index (κ3) is 9.54. The van der Waals surface area contributed by atoms with Gasteiger partial charge in [0.25, 0.3) is 0 Å². The van der Waals surface area contributed by atoms with Gasteiger partial charge in [-0.25, -0.2) is 9.98 Å². The van der Waals surface area contributed by atoms with Gasteiger partial charge in [-0.3, -0.25) is 0 Å². The van der Waals surface area contributed by atoms with Crippen LogP contribution in [-0.4, -0.2) is 51.0 Å². The molecule has 0 aliphatic rings. The fourth-order valence-corrected chi connectivity index (χ4v) is 2.35. The molecule has 0 fully saturated rings. The smallest absolute Gasteiger partial charge is 0.191 e. The Kier molecular flexibility index (Phi) is 13.9. The molecule has 1 heterocycles. The topological polar surface area (TPSA) is 67.8 Å². The number of aryl methyl sites for hydroxylation is 1. The van der Waals surface area contributed by atoms with Crippen molar-refractivity contribution in [2.45, 2.75) is 26.8 Å². The summed E-state index contributed by atoms with van der Waals surface area (Å²) in [6.45, 7) is 8.20. The number of aliphatic imine (C=N–C) groups is 1. The minimum Gasteiger partial charge on any atom is -0.382 e. The zero-order valence-corrected chi connectivity index (χ0v) is 16.7. The van der Waals surface area contributed by atoms with Crippen LogP contribution in [-0.2, 0) is 22.4 Å². The molecule has 0 bridgehead atoms. The molecule has 0 aliphatic carbocycles. The summed E-state index contributed by atoms with van der Waals surface area (Å²) >= 11 is 1.72. The maximum atomic E-state index is 5.40. The van der Waals surface area contributed by atoms with Gasteiger partial charge in [-0.05, 0) is 13.3 Å². The van der Waals surface area contributed by atoms with Crippen molar-refractivity contribution in [2.75, 3.05) is 40.0 Å². The first-order valence-corrected chi connectivity index (χ1v) is 8.14. The van der Waals surface area contributed by atoms with Crippen LogP contribution in [0.5, 0.6) is 0 Å². The van der Waals surface area contributed by atoms with E-state index in [4.69, 9.17) is 9.47 Å². The number of nitrogens with one attached hydrogen (secondary N) is 2. The average Bonchev–Trinajstić information content (AvgIpc) is 2.96. The predicted octanol–water partition coefficient (Wildman–Crippen LogP) is 2.04. The van der Waals surface area contributed by atoms with Gasteiger partial charge in [0.05, 0.1) is 26.4 Å². The van der Waals surface area contributed by atoms with Crippen LogP contribution in [0.2, 0.25) is 0 Å². The molecule has 2 N–H and O–H groups in total. The maximum absolute atomic E-state index is 5.40. The van der Waals surface area contributed by atoms with Crippen molar-refractivity contribution >= 4 is 41.3 Å². The highest BCUT2D eigenvalue weighted by molar-refractivity contribution is 14.0. The van der Waals surface area contributed by atoms with E-state index in [0.717, 1.165) is 23.9 Å². The molecule has 0 atom stereocenters. The Morgan fingerprint density at radius 2 is 2.09 bits per heavy atom. The van der Waals surface area contributed by atoms with E-state index < -0.39 is 0 Å². The molecule has 1 aromatic heterocycles. The summed E-state index contributed by atoms with van der Waals surface area (Å²) in [5.41, 5.74) is 0. The van der Waals surface area contributed by atoms with Crippen molar-refractivity contribution in [3.63, 3.8) is 0 Å². The minimum absolute atomic E-state index is 0. The highest BCUT2D eigenvalue weighted by atomic mass is 127. The Bertz CT molecular complexity index is 415. The highest BCUT2D eigenvalue weighted by Crippen LogP contribution is 2.13. The lowest BCUT2D eigenvalue weighted by Gasteiger charge is -2.11.